The summed E-state index contributed by atoms with van der Waals surface area (Å²) in [4.78, 5) is 23.2. The lowest BCUT2D eigenvalue weighted by Gasteiger charge is -2.15. The molecule has 0 aromatic heterocycles. The molecule has 7 heteroatoms. The Morgan fingerprint density at radius 2 is 2.05 bits per heavy atom. The molecule has 2 amide bonds. The monoisotopic (exact) mass is 301 g/mol. The minimum Gasteiger partial charge on any atom is -0.346 e. The quantitative estimate of drug-likeness (QED) is 0.771. The van der Waals surface area contributed by atoms with Gasteiger partial charge in [0.2, 0.25) is 11.8 Å². The Kier molecular flexibility index (Phi) is 5.91. The summed E-state index contributed by atoms with van der Waals surface area (Å²) in [5.74, 6) is -1.43. The molecule has 20 heavy (non-hydrogen) atoms. The van der Waals surface area contributed by atoms with E-state index in [4.69, 9.17) is 17.3 Å². The van der Waals surface area contributed by atoms with E-state index in [1.807, 2.05) is 13.8 Å². The van der Waals surface area contributed by atoms with E-state index in [1.54, 1.807) is 0 Å². The van der Waals surface area contributed by atoms with Gasteiger partial charge in [-0.15, -0.1) is 0 Å². The van der Waals surface area contributed by atoms with Crippen LogP contribution in [0.25, 0.3) is 0 Å². The van der Waals surface area contributed by atoms with Crippen molar-refractivity contribution in [1.29, 1.82) is 0 Å². The molecule has 0 bridgehead atoms. The van der Waals surface area contributed by atoms with Crippen LogP contribution in [0.15, 0.2) is 18.2 Å². The highest BCUT2D eigenvalue weighted by atomic mass is 35.5. The van der Waals surface area contributed by atoms with Crippen molar-refractivity contribution < 1.29 is 14.0 Å². The Hall–Kier alpha value is -1.66. The van der Waals surface area contributed by atoms with Crippen molar-refractivity contribution in [3.8, 4) is 0 Å². The molecule has 110 valence electrons. The first-order valence-corrected chi connectivity index (χ1v) is 6.47. The van der Waals surface area contributed by atoms with E-state index in [0.717, 1.165) is 6.07 Å². The second kappa shape index (κ2) is 7.21. The van der Waals surface area contributed by atoms with Crippen molar-refractivity contribution >= 4 is 29.1 Å². The van der Waals surface area contributed by atoms with Crippen molar-refractivity contribution in [3.05, 3.63) is 29.0 Å². The fourth-order valence-electron chi connectivity index (χ4n) is 1.37. The number of carbonyl (C=O) groups excluding carboxylic acids is 2. The first-order chi connectivity index (χ1) is 9.31. The predicted molar refractivity (Wildman–Crippen MR) is 75.9 cm³/mol. The van der Waals surface area contributed by atoms with Crippen LogP contribution in [0, 0.1) is 11.7 Å². The zero-order valence-electron chi connectivity index (χ0n) is 11.2. The van der Waals surface area contributed by atoms with Gasteiger partial charge in [-0.25, -0.2) is 4.39 Å². The van der Waals surface area contributed by atoms with Crippen LogP contribution in [0.4, 0.5) is 10.1 Å². The summed E-state index contributed by atoms with van der Waals surface area (Å²) < 4.78 is 12.9. The van der Waals surface area contributed by atoms with E-state index in [-0.39, 0.29) is 17.5 Å². The van der Waals surface area contributed by atoms with Gasteiger partial charge >= 0.3 is 0 Å². The number of nitrogens with one attached hydrogen (secondary N) is 2. The van der Waals surface area contributed by atoms with Gasteiger partial charge in [0.15, 0.2) is 0 Å². The maximum Gasteiger partial charge on any atom is 0.243 e. The molecule has 0 radical (unpaired) electrons. The molecule has 5 nitrogen and oxygen atoms in total. The predicted octanol–water partition coefficient (Wildman–Crippen LogP) is 1.52. The minimum atomic E-state index is -0.664. The van der Waals surface area contributed by atoms with Crippen molar-refractivity contribution in [1.82, 2.24) is 5.32 Å². The number of anilines is 1. The molecule has 1 atom stereocenters. The van der Waals surface area contributed by atoms with Crippen LogP contribution in [0.2, 0.25) is 5.02 Å². The van der Waals surface area contributed by atoms with E-state index >= 15 is 0 Å². The van der Waals surface area contributed by atoms with Crippen molar-refractivity contribution in [2.75, 3.05) is 11.9 Å². The highest BCUT2D eigenvalue weighted by molar-refractivity contribution is 6.31. The van der Waals surface area contributed by atoms with E-state index < -0.39 is 23.7 Å². The summed E-state index contributed by atoms with van der Waals surface area (Å²) in [7, 11) is 0. The molecule has 4 N–H and O–H groups in total. The standard InChI is InChI=1S/C13H17ClFN3O2/c1-7(2)12(16)13(20)17-6-11(19)18-8-3-4-10(15)9(14)5-8/h3-5,7,12H,6,16H2,1-2H3,(H,17,20)(H,18,19)/t12-/m0/s1. The largest absolute Gasteiger partial charge is 0.346 e. The molecule has 0 saturated heterocycles. The van der Waals surface area contributed by atoms with E-state index in [0.29, 0.717) is 5.69 Å². The summed E-state index contributed by atoms with van der Waals surface area (Å²) in [6.45, 7) is 3.41. The Morgan fingerprint density at radius 1 is 1.40 bits per heavy atom. The fraction of sp³-hybridized carbons (Fsp3) is 0.385. The molecule has 0 aliphatic rings. The molecule has 0 heterocycles. The van der Waals surface area contributed by atoms with Crippen LogP contribution in [-0.2, 0) is 9.59 Å². The normalized spacial score (nSPS) is 12.1. The molecule has 0 fully saturated rings. The number of halogens is 2. The number of benzene rings is 1. The van der Waals surface area contributed by atoms with Gasteiger partial charge in [-0.1, -0.05) is 25.4 Å². The van der Waals surface area contributed by atoms with Gasteiger partial charge in [0.05, 0.1) is 17.6 Å². The van der Waals surface area contributed by atoms with Crippen LogP contribution in [0.3, 0.4) is 0 Å². The average molecular weight is 302 g/mol. The molecule has 0 aliphatic carbocycles. The minimum absolute atomic E-state index is 0.0195. The molecule has 1 aromatic carbocycles. The van der Waals surface area contributed by atoms with Gasteiger partial charge in [-0.2, -0.15) is 0 Å². The number of carbonyl (C=O) groups is 2. The summed E-state index contributed by atoms with van der Waals surface area (Å²) in [5, 5.41) is 4.83. The van der Waals surface area contributed by atoms with Gasteiger partial charge in [0.1, 0.15) is 5.82 Å². The number of hydrogen-bond acceptors (Lipinski definition) is 3. The lowest BCUT2D eigenvalue weighted by molar-refractivity contribution is -0.125. The highest BCUT2D eigenvalue weighted by Gasteiger charge is 2.17. The van der Waals surface area contributed by atoms with Crippen molar-refractivity contribution in [3.63, 3.8) is 0 Å². The van der Waals surface area contributed by atoms with Gasteiger partial charge in [0.25, 0.3) is 0 Å². The smallest absolute Gasteiger partial charge is 0.243 e. The molecular formula is C13H17ClFN3O2. The Bertz CT molecular complexity index is 508. The molecule has 0 unspecified atom stereocenters. The summed E-state index contributed by atoms with van der Waals surface area (Å²) in [6.07, 6.45) is 0. The summed E-state index contributed by atoms with van der Waals surface area (Å²) in [6, 6.07) is 3.14. The van der Waals surface area contributed by atoms with Crippen LogP contribution in [0.1, 0.15) is 13.8 Å². The van der Waals surface area contributed by atoms with Crippen LogP contribution in [-0.4, -0.2) is 24.4 Å². The molecule has 0 spiro atoms. The van der Waals surface area contributed by atoms with Crippen LogP contribution >= 0.6 is 11.6 Å². The van der Waals surface area contributed by atoms with Crippen LogP contribution in [0.5, 0.6) is 0 Å². The number of amides is 2. The van der Waals surface area contributed by atoms with Gasteiger partial charge < -0.3 is 16.4 Å². The summed E-state index contributed by atoms with van der Waals surface area (Å²) >= 11 is 5.59. The second-order valence-corrected chi connectivity index (χ2v) is 5.07. The molecule has 0 saturated carbocycles. The lowest BCUT2D eigenvalue weighted by atomic mass is 10.1. The molecule has 1 aromatic rings. The third kappa shape index (κ3) is 4.79. The van der Waals surface area contributed by atoms with E-state index in [9.17, 15) is 14.0 Å². The maximum absolute atomic E-state index is 12.9. The second-order valence-electron chi connectivity index (χ2n) is 4.66. The fourth-order valence-corrected chi connectivity index (χ4v) is 1.55. The first kappa shape index (κ1) is 16.4. The zero-order chi connectivity index (χ0) is 15.3. The first-order valence-electron chi connectivity index (χ1n) is 6.09. The zero-order valence-corrected chi connectivity index (χ0v) is 12.0. The SMILES string of the molecule is CC(C)[C@H](N)C(=O)NCC(=O)Nc1ccc(F)c(Cl)c1. The lowest BCUT2D eigenvalue weighted by Crippen LogP contribution is -2.46. The molecular weight excluding hydrogens is 285 g/mol. The third-order valence-electron chi connectivity index (χ3n) is 2.65. The van der Waals surface area contributed by atoms with Gasteiger partial charge in [-0.3, -0.25) is 9.59 Å². The third-order valence-corrected chi connectivity index (χ3v) is 2.94. The summed E-state index contributed by atoms with van der Waals surface area (Å²) in [5.41, 5.74) is 5.98. The highest BCUT2D eigenvalue weighted by Crippen LogP contribution is 2.19. The van der Waals surface area contributed by atoms with E-state index in [1.165, 1.54) is 12.1 Å². The maximum atomic E-state index is 12.9. The average Bonchev–Trinajstić information content (AvgIpc) is 2.39. The Labute approximate surface area is 121 Å². The number of nitrogens with two attached hydrogens (primary N) is 1. The van der Waals surface area contributed by atoms with Gasteiger partial charge in [0, 0.05) is 5.69 Å². The molecule has 1 rings (SSSR count). The van der Waals surface area contributed by atoms with Crippen molar-refractivity contribution in [2.24, 2.45) is 11.7 Å². The van der Waals surface area contributed by atoms with Crippen molar-refractivity contribution in [2.45, 2.75) is 19.9 Å². The Balaban J connectivity index is 2.48. The number of rotatable bonds is 5. The number of hydrogen-bond donors (Lipinski definition) is 3. The van der Waals surface area contributed by atoms with Gasteiger partial charge in [-0.05, 0) is 24.1 Å². The van der Waals surface area contributed by atoms with E-state index in [2.05, 4.69) is 10.6 Å². The molecule has 0 aliphatic heterocycles. The topological polar surface area (TPSA) is 84.2 Å². The van der Waals surface area contributed by atoms with Crippen LogP contribution < -0.4 is 16.4 Å². The Morgan fingerprint density at radius 3 is 2.60 bits per heavy atom.